The molecule has 1 aromatic rings. The Bertz CT molecular complexity index is 275. The van der Waals surface area contributed by atoms with Crippen molar-refractivity contribution in [1.29, 1.82) is 0 Å². The summed E-state index contributed by atoms with van der Waals surface area (Å²) in [5.41, 5.74) is 0. The molecule has 1 rings (SSSR count). The van der Waals surface area contributed by atoms with Crippen LogP contribution in [0, 0.1) is 5.92 Å². The lowest BCUT2D eigenvalue weighted by atomic mass is 10.2. The number of hydrogen-bond acceptors (Lipinski definition) is 3. The molecule has 0 aliphatic heterocycles. The summed E-state index contributed by atoms with van der Waals surface area (Å²) in [7, 11) is 2.03. The molecular weight excluding hydrogens is 230 g/mol. The van der Waals surface area contributed by atoms with Crippen LogP contribution in [0.2, 0.25) is 0 Å². The number of halogens is 1. The highest BCUT2D eigenvalue weighted by Gasteiger charge is 2.07. The van der Waals surface area contributed by atoms with Crippen molar-refractivity contribution in [3.8, 4) is 0 Å². The van der Waals surface area contributed by atoms with Crippen LogP contribution in [0.3, 0.4) is 0 Å². The van der Waals surface area contributed by atoms with E-state index in [2.05, 4.69) is 44.6 Å². The molecule has 0 aliphatic rings. The van der Waals surface area contributed by atoms with Crippen LogP contribution in [-0.2, 0) is 0 Å². The van der Waals surface area contributed by atoms with Crippen molar-refractivity contribution in [2.24, 2.45) is 5.92 Å². The average Bonchev–Trinajstić information content (AvgIpc) is 2.03. The van der Waals surface area contributed by atoms with Gasteiger partial charge in [-0.3, -0.25) is 0 Å². The van der Waals surface area contributed by atoms with Gasteiger partial charge >= 0.3 is 0 Å². The van der Waals surface area contributed by atoms with Gasteiger partial charge in [-0.05, 0) is 21.8 Å². The fraction of sp³-hybridized carbons (Fsp3) is 0.556. The number of rotatable bonds is 3. The first-order valence-electron chi connectivity index (χ1n) is 4.28. The maximum Gasteiger partial charge on any atom is 0.146 e. The maximum atomic E-state index is 4.20. The van der Waals surface area contributed by atoms with Crippen molar-refractivity contribution in [1.82, 2.24) is 9.97 Å². The summed E-state index contributed by atoms with van der Waals surface area (Å²) in [6.45, 7) is 5.37. The topological polar surface area (TPSA) is 29.0 Å². The van der Waals surface area contributed by atoms with Crippen molar-refractivity contribution in [2.75, 3.05) is 18.5 Å². The standard InChI is InChI=1S/C9H14BrN3/c1-7(2)5-13(3)9-8(10)4-11-6-12-9/h4,6-7H,5H2,1-3H3. The van der Waals surface area contributed by atoms with E-state index in [1.165, 1.54) is 0 Å². The second-order valence-electron chi connectivity index (χ2n) is 3.47. The van der Waals surface area contributed by atoms with Crippen LogP contribution in [0.5, 0.6) is 0 Å². The molecule has 0 amide bonds. The lowest BCUT2D eigenvalue weighted by molar-refractivity contribution is 0.633. The van der Waals surface area contributed by atoms with E-state index in [1.54, 1.807) is 12.5 Å². The fourth-order valence-electron chi connectivity index (χ4n) is 1.22. The molecule has 72 valence electrons. The predicted octanol–water partition coefficient (Wildman–Crippen LogP) is 2.33. The summed E-state index contributed by atoms with van der Waals surface area (Å²) >= 11 is 3.42. The summed E-state index contributed by atoms with van der Waals surface area (Å²) in [5, 5.41) is 0. The van der Waals surface area contributed by atoms with E-state index in [1.807, 2.05) is 7.05 Å². The number of hydrogen-bond donors (Lipinski definition) is 0. The van der Waals surface area contributed by atoms with Crippen LogP contribution in [0.1, 0.15) is 13.8 Å². The van der Waals surface area contributed by atoms with Crippen LogP contribution >= 0.6 is 15.9 Å². The zero-order valence-electron chi connectivity index (χ0n) is 8.16. The zero-order chi connectivity index (χ0) is 9.84. The molecule has 0 saturated heterocycles. The predicted molar refractivity (Wildman–Crippen MR) is 57.8 cm³/mol. The second kappa shape index (κ2) is 4.56. The first-order valence-corrected chi connectivity index (χ1v) is 5.07. The summed E-state index contributed by atoms with van der Waals surface area (Å²) in [4.78, 5) is 10.2. The molecule has 0 radical (unpaired) electrons. The van der Waals surface area contributed by atoms with Gasteiger partial charge in [-0.15, -0.1) is 0 Å². The lowest BCUT2D eigenvalue weighted by Gasteiger charge is -2.20. The van der Waals surface area contributed by atoms with Crippen LogP contribution in [-0.4, -0.2) is 23.6 Å². The van der Waals surface area contributed by atoms with Crippen LogP contribution < -0.4 is 4.90 Å². The lowest BCUT2D eigenvalue weighted by Crippen LogP contribution is -2.23. The SMILES string of the molecule is CC(C)CN(C)c1ncncc1Br. The highest BCUT2D eigenvalue weighted by atomic mass is 79.9. The fourth-order valence-corrected chi connectivity index (χ4v) is 1.74. The number of anilines is 1. The molecular formula is C9H14BrN3. The molecule has 0 aliphatic carbocycles. The van der Waals surface area contributed by atoms with Gasteiger partial charge in [-0.2, -0.15) is 0 Å². The third-order valence-corrected chi connectivity index (χ3v) is 2.21. The average molecular weight is 244 g/mol. The molecule has 0 unspecified atom stereocenters. The molecule has 1 heterocycles. The molecule has 0 saturated carbocycles. The van der Waals surface area contributed by atoms with E-state index in [4.69, 9.17) is 0 Å². The summed E-state index contributed by atoms with van der Waals surface area (Å²) in [6.07, 6.45) is 3.33. The quantitative estimate of drug-likeness (QED) is 0.817. The first kappa shape index (κ1) is 10.4. The molecule has 1 aromatic heterocycles. The normalized spacial score (nSPS) is 10.5. The highest BCUT2D eigenvalue weighted by molar-refractivity contribution is 9.10. The minimum Gasteiger partial charge on any atom is -0.358 e. The van der Waals surface area contributed by atoms with Crippen molar-refractivity contribution in [3.05, 3.63) is 17.0 Å². The van der Waals surface area contributed by atoms with E-state index in [0.29, 0.717) is 5.92 Å². The van der Waals surface area contributed by atoms with Gasteiger partial charge in [0, 0.05) is 19.8 Å². The zero-order valence-corrected chi connectivity index (χ0v) is 9.74. The highest BCUT2D eigenvalue weighted by Crippen LogP contribution is 2.21. The van der Waals surface area contributed by atoms with Crippen LogP contribution in [0.4, 0.5) is 5.82 Å². The summed E-state index contributed by atoms with van der Waals surface area (Å²) in [5.74, 6) is 1.58. The number of aromatic nitrogens is 2. The number of nitrogens with zero attached hydrogens (tertiary/aromatic N) is 3. The Labute approximate surface area is 87.3 Å². The van der Waals surface area contributed by atoms with Gasteiger partial charge in [-0.25, -0.2) is 9.97 Å². The van der Waals surface area contributed by atoms with Gasteiger partial charge in [0.1, 0.15) is 12.1 Å². The molecule has 0 fully saturated rings. The molecule has 0 N–H and O–H groups in total. The third-order valence-electron chi connectivity index (χ3n) is 1.65. The van der Waals surface area contributed by atoms with Gasteiger partial charge in [0.05, 0.1) is 4.47 Å². The molecule has 0 spiro atoms. The Kier molecular flexibility index (Phi) is 3.66. The molecule has 0 atom stereocenters. The minimum atomic E-state index is 0.631. The van der Waals surface area contributed by atoms with Crippen molar-refractivity contribution in [3.63, 3.8) is 0 Å². The van der Waals surface area contributed by atoms with E-state index >= 15 is 0 Å². The Morgan fingerprint density at radius 2 is 2.23 bits per heavy atom. The summed E-state index contributed by atoms with van der Waals surface area (Å²) in [6, 6.07) is 0. The third kappa shape index (κ3) is 2.95. The van der Waals surface area contributed by atoms with E-state index in [9.17, 15) is 0 Å². The summed E-state index contributed by atoms with van der Waals surface area (Å²) < 4.78 is 0.943. The largest absolute Gasteiger partial charge is 0.358 e. The smallest absolute Gasteiger partial charge is 0.146 e. The molecule has 3 nitrogen and oxygen atoms in total. The van der Waals surface area contributed by atoms with Gasteiger partial charge in [-0.1, -0.05) is 13.8 Å². The van der Waals surface area contributed by atoms with Crippen molar-refractivity contribution in [2.45, 2.75) is 13.8 Å². The van der Waals surface area contributed by atoms with Gasteiger partial charge in [0.2, 0.25) is 0 Å². The second-order valence-corrected chi connectivity index (χ2v) is 4.32. The van der Waals surface area contributed by atoms with E-state index in [-0.39, 0.29) is 0 Å². The van der Waals surface area contributed by atoms with E-state index < -0.39 is 0 Å². The monoisotopic (exact) mass is 243 g/mol. The Morgan fingerprint density at radius 1 is 1.54 bits per heavy atom. The molecule has 0 bridgehead atoms. The first-order chi connectivity index (χ1) is 6.11. The Balaban J connectivity index is 2.76. The molecule has 13 heavy (non-hydrogen) atoms. The van der Waals surface area contributed by atoms with Crippen molar-refractivity contribution >= 4 is 21.7 Å². The Hall–Kier alpha value is -0.640. The van der Waals surface area contributed by atoms with Gasteiger partial charge in [0.25, 0.3) is 0 Å². The van der Waals surface area contributed by atoms with Gasteiger partial charge in [0.15, 0.2) is 0 Å². The van der Waals surface area contributed by atoms with E-state index in [0.717, 1.165) is 16.8 Å². The molecule has 4 heteroatoms. The van der Waals surface area contributed by atoms with Crippen LogP contribution in [0.15, 0.2) is 17.0 Å². The maximum absolute atomic E-state index is 4.20. The molecule has 0 aromatic carbocycles. The van der Waals surface area contributed by atoms with Crippen molar-refractivity contribution < 1.29 is 0 Å². The minimum absolute atomic E-state index is 0.631. The Morgan fingerprint density at radius 3 is 2.77 bits per heavy atom. The van der Waals surface area contributed by atoms with Gasteiger partial charge < -0.3 is 4.90 Å². The van der Waals surface area contributed by atoms with Crippen LogP contribution in [0.25, 0.3) is 0 Å².